The van der Waals surface area contributed by atoms with Crippen LogP contribution in [0.2, 0.25) is 10.0 Å². The molecule has 0 unspecified atom stereocenters. The number of carbonyl (C=O) groups is 2. The standard InChI is InChI=1S/C15H13Cl2N3O3/c16-10-4-3-9(6-11(10)17)8-23-12-2-1-5-19-14(12)15(22)20-13(21)7-18/h1-6H,7-8,18H2,(H,20,21,22). The molecule has 0 spiro atoms. The van der Waals surface area contributed by atoms with Crippen LogP contribution in [0.4, 0.5) is 0 Å². The topological polar surface area (TPSA) is 94.3 Å². The van der Waals surface area contributed by atoms with Gasteiger partial charge in [0.1, 0.15) is 6.61 Å². The summed E-state index contributed by atoms with van der Waals surface area (Å²) in [4.78, 5) is 27.1. The average molecular weight is 354 g/mol. The lowest BCUT2D eigenvalue weighted by atomic mass is 10.2. The number of nitrogens with zero attached hydrogens (tertiary/aromatic N) is 1. The number of carbonyl (C=O) groups excluding carboxylic acids is 2. The van der Waals surface area contributed by atoms with Gasteiger partial charge in [0, 0.05) is 6.20 Å². The molecule has 3 N–H and O–H groups in total. The molecule has 0 saturated heterocycles. The molecule has 1 aromatic carbocycles. The van der Waals surface area contributed by atoms with E-state index in [2.05, 4.69) is 10.3 Å². The molecule has 0 aliphatic carbocycles. The summed E-state index contributed by atoms with van der Waals surface area (Å²) in [6, 6.07) is 8.26. The largest absolute Gasteiger partial charge is 0.486 e. The number of amides is 2. The summed E-state index contributed by atoms with van der Waals surface area (Å²) >= 11 is 11.8. The monoisotopic (exact) mass is 353 g/mol. The number of hydrogen-bond donors (Lipinski definition) is 2. The Hall–Kier alpha value is -2.15. The van der Waals surface area contributed by atoms with Gasteiger partial charge < -0.3 is 10.5 Å². The summed E-state index contributed by atoms with van der Waals surface area (Å²) in [5.74, 6) is -1.04. The second-order valence-electron chi connectivity index (χ2n) is 4.47. The minimum atomic E-state index is -0.676. The van der Waals surface area contributed by atoms with Gasteiger partial charge in [0.25, 0.3) is 5.91 Å². The van der Waals surface area contributed by atoms with Gasteiger partial charge in [-0.2, -0.15) is 0 Å². The van der Waals surface area contributed by atoms with Crippen LogP contribution < -0.4 is 15.8 Å². The third-order valence-corrected chi connectivity index (χ3v) is 3.54. The predicted molar refractivity (Wildman–Crippen MR) is 86.6 cm³/mol. The van der Waals surface area contributed by atoms with E-state index < -0.39 is 11.8 Å². The summed E-state index contributed by atoms with van der Waals surface area (Å²) in [5, 5.41) is 2.97. The van der Waals surface area contributed by atoms with E-state index in [1.54, 1.807) is 30.3 Å². The van der Waals surface area contributed by atoms with Crippen LogP contribution in [0.1, 0.15) is 16.1 Å². The first-order chi connectivity index (χ1) is 11.0. The number of aromatic nitrogens is 1. The number of nitrogens with one attached hydrogen (secondary N) is 1. The van der Waals surface area contributed by atoms with Crippen LogP contribution in [0.15, 0.2) is 36.5 Å². The fraction of sp³-hybridized carbons (Fsp3) is 0.133. The van der Waals surface area contributed by atoms with Crippen molar-refractivity contribution in [2.75, 3.05) is 6.54 Å². The van der Waals surface area contributed by atoms with Crippen LogP contribution >= 0.6 is 23.2 Å². The molecular weight excluding hydrogens is 341 g/mol. The minimum absolute atomic E-state index is 0.00522. The van der Waals surface area contributed by atoms with Crippen molar-refractivity contribution in [1.29, 1.82) is 0 Å². The van der Waals surface area contributed by atoms with Gasteiger partial charge in [0.05, 0.1) is 16.6 Å². The smallest absolute Gasteiger partial charge is 0.280 e. The highest BCUT2D eigenvalue weighted by molar-refractivity contribution is 6.42. The molecule has 1 aromatic heterocycles. The van der Waals surface area contributed by atoms with Gasteiger partial charge in [-0.05, 0) is 29.8 Å². The zero-order valence-corrected chi connectivity index (χ0v) is 13.4. The molecule has 0 atom stereocenters. The van der Waals surface area contributed by atoms with E-state index in [1.807, 2.05) is 0 Å². The summed E-state index contributed by atoms with van der Waals surface area (Å²) in [6.45, 7) is -0.133. The Bertz CT molecular complexity index is 738. The number of halogens is 2. The lowest BCUT2D eigenvalue weighted by Crippen LogP contribution is -2.36. The van der Waals surface area contributed by atoms with Crippen molar-refractivity contribution in [1.82, 2.24) is 10.3 Å². The molecule has 2 amide bonds. The Balaban J connectivity index is 2.12. The van der Waals surface area contributed by atoms with E-state index in [0.29, 0.717) is 10.0 Å². The number of imide groups is 1. The molecule has 8 heteroatoms. The zero-order valence-electron chi connectivity index (χ0n) is 11.9. The molecule has 2 aromatic rings. The highest BCUT2D eigenvalue weighted by Crippen LogP contribution is 2.24. The van der Waals surface area contributed by atoms with Crippen molar-refractivity contribution < 1.29 is 14.3 Å². The first kappa shape index (κ1) is 17.2. The Morgan fingerprint density at radius 3 is 2.70 bits per heavy atom. The summed E-state index contributed by atoms with van der Waals surface area (Å²) in [7, 11) is 0. The first-order valence-electron chi connectivity index (χ1n) is 6.57. The summed E-state index contributed by atoms with van der Waals surface area (Å²) in [6.07, 6.45) is 1.42. The lowest BCUT2D eigenvalue weighted by molar-refractivity contribution is -0.118. The molecule has 23 heavy (non-hydrogen) atoms. The molecule has 1 heterocycles. The Morgan fingerprint density at radius 2 is 2.00 bits per heavy atom. The maximum atomic E-state index is 12.0. The average Bonchev–Trinajstić information content (AvgIpc) is 2.56. The Kier molecular flexibility index (Phi) is 5.92. The van der Waals surface area contributed by atoms with E-state index in [9.17, 15) is 9.59 Å². The zero-order chi connectivity index (χ0) is 16.8. The van der Waals surface area contributed by atoms with Crippen molar-refractivity contribution in [2.45, 2.75) is 6.61 Å². The molecule has 120 valence electrons. The van der Waals surface area contributed by atoms with Gasteiger partial charge in [0.2, 0.25) is 5.91 Å². The predicted octanol–water partition coefficient (Wildman–Crippen LogP) is 2.18. The van der Waals surface area contributed by atoms with Gasteiger partial charge >= 0.3 is 0 Å². The van der Waals surface area contributed by atoms with Crippen LogP contribution in [0.3, 0.4) is 0 Å². The van der Waals surface area contributed by atoms with Crippen LogP contribution in [0.5, 0.6) is 5.75 Å². The van der Waals surface area contributed by atoms with Crippen molar-refractivity contribution in [3.63, 3.8) is 0 Å². The van der Waals surface area contributed by atoms with Crippen LogP contribution in [0.25, 0.3) is 0 Å². The van der Waals surface area contributed by atoms with Gasteiger partial charge in [-0.3, -0.25) is 14.9 Å². The van der Waals surface area contributed by atoms with Crippen LogP contribution in [-0.4, -0.2) is 23.3 Å². The molecule has 0 aliphatic rings. The maximum absolute atomic E-state index is 12.0. The van der Waals surface area contributed by atoms with Crippen molar-refractivity contribution in [3.05, 3.63) is 57.8 Å². The third-order valence-electron chi connectivity index (χ3n) is 2.80. The SMILES string of the molecule is NCC(=O)NC(=O)c1ncccc1OCc1ccc(Cl)c(Cl)c1. The maximum Gasteiger partial charge on any atom is 0.280 e. The highest BCUT2D eigenvalue weighted by Gasteiger charge is 2.16. The minimum Gasteiger partial charge on any atom is -0.486 e. The van der Waals surface area contributed by atoms with Crippen molar-refractivity contribution >= 4 is 35.0 Å². The molecule has 0 bridgehead atoms. The number of hydrogen-bond acceptors (Lipinski definition) is 5. The van der Waals surface area contributed by atoms with E-state index in [-0.39, 0.29) is 24.6 Å². The number of nitrogens with two attached hydrogens (primary N) is 1. The van der Waals surface area contributed by atoms with Crippen LogP contribution in [0, 0.1) is 0 Å². The van der Waals surface area contributed by atoms with E-state index >= 15 is 0 Å². The normalized spacial score (nSPS) is 10.2. The van der Waals surface area contributed by atoms with E-state index in [1.165, 1.54) is 6.20 Å². The van der Waals surface area contributed by atoms with Crippen LogP contribution in [-0.2, 0) is 11.4 Å². The molecule has 0 saturated carbocycles. The highest BCUT2D eigenvalue weighted by atomic mass is 35.5. The molecule has 0 aliphatic heterocycles. The number of benzene rings is 1. The quantitative estimate of drug-likeness (QED) is 0.858. The van der Waals surface area contributed by atoms with Crippen molar-refractivity contribution in [3.8, 4) is 5.75 Å². The molecule has 2 rings (SSSR count). The van der Waals surface area contributed by atoms with Gasteiger partial charge in [-0.15, -0.1) is 0 Å². The molecular formula is C15H13Cl2N3O3. The molecule has 0 fully saturated rings. The van der Waals surface area contributed by atoms with E-state index in [4.69, 9.17) is 33.7 Å². The van der Waals surface area contributed by atoms with E-state index in [0.717, 1.165) is 5.56 Å². The number of ether oxygens (including phenoxy) is 1. The summed E-state index contributed by atoms with van der Waals surface area (Å²) in [5.41, 5.74) is 5.92. The number of rotatable bonds is 5. The second-order valence-corrected chi connectivity index (χ2v) is 5.28. The second kappa shape index (κ2) is 7.92. The summed E-state index contributed by atoms with van der Waals surface area (Å²) < 4.78 is 5.59. The lowest BCUT2D eigenvalue weighted by Gasteiger charge is -2.10. The van der Waals surface area contributed by atoms with Gasteiger partial charge in [-0.1, -0.05) is 29.3 Å². The third kappa shape index (κ3) is 4.66. The molecule has 0 radical (unpaired) electrons. The Morgan fingerprint density at radius 1 is 1.22 bits per heavy atom. The first-order valence-corrected chi connectivity index (χ1v) is 7.33. The molecule has 6 nitrogen and oxygen atoms in total. The van der Waals surface area contributed by atoms with Gasteiger partial charge in [0.15, 0.2) is 11.4 Å². The van der Waals surface area contributed by atoms with Gasteiger partial charge in [-0.25, -0.2) is 4.98 Å². The fourth-order valence-corrected chi connectivity index (χ4v) is 2.03. The number of pyridine rings is 1. The van der Waals surface area contributed by atoms with Crippen molar-refractivity contribution in [2.24, 2.45) is 5.73 Å². The Labute approximate surface area is 142 Å². The fourth-order valence-electron chi connectivity index (χ4n) is 1.70.